The van der Waals surface area contributed by atoms with Gasteiger partial charge in [0.1, 0.15) is 6.07 Å². The second-order valence-corrected chi connectivity index (χ2v) is 5.53. The highest BCUT2D eigenvalue weighted by atomic mass is 79.9. The van der Waals surface area contributed by atoms with Gasteiger partial charge in [0.05, 0.1) is 5.56 Å². The Morgan fingerprint density at radius 2 is 2.16 bits per heavy atom. The number of rotatable bonds is 5. The van der Waals surface area contributed by atoms with Crippen LogP contribution in [0.3, 0.4) is 0 Å². The van der Waals surface area contributed by atoms with Crippen molar-refractivity contribution in [2.45, 2.75) is 6.42 Å². The average molecular weight is 323 g/mol. The van der Waals surface area contributed by atoms with E-state index in [4.69, 9.17) is 5.26 Å². The van der Waals surface area contributed by atoms with Crippen LogP contribution in [0, 0.1) is 11.3 Å². The quantitative estimate of drug-likeness (QED) is 0.814. The summed E-state index contributed by atoms with van der Waals surface area (Å²) in [5.74, 6) is 0. The third-order valence-corrected chi connectivity index (χ3v) is 3.94. The molecule has 0 radical (unpaired) electrons. The van der Waals surface area contributed by atoms with Crippen molar-refractivity contribution in [2.75, 3.05) is 44.6 Å². The van der Waals surface area contributed by atoms with Crippen LogP contribution in [-0.4, -0.2) is 44.2 Å². The van der Waals surface area contributed by atoms with Crippen molar-refractivity contribution in [3.63, 3.8) is 0 Å². The first-order valence-electron chi connectivity index (χ1n) is 6.66. The van der Waals surface area contributed by atoms with Crippen LogP contribution in [0.4, 0.5) is 5.69 Å². The standard InChI is InChI=1S/C14H19BrN4/c15-14-10-13(3-2-12(14)11-16)18-4-1-7-19-8-5-17-6-9-19/h2-3,10,17-18H,1,4-9H2. The molecular formula is C14H19BrN4. The van der Waals surface area contributed by atoms with E-state index in [2.05, 4.69) is 37.5 Å². The van der Waals surface area contributed by atoms with E-state index >= 15 is 0 Å². The van der Waals surface area contributed by atoms with Crippen molar-refractivity contribution in [1.29, 1.82) is 5.26 Å². The molecule has 1 heterocycles. The van der Waals surface area contributed by atoms with Gasteiger partial charge in [-0.25, -0.2) is 0 Å². The van der Waals surface area contributed by atoms with Gasteiger partial charge >= 0.3 is 0 Å². The van der Waals surface area contributed by atoms with Crippen molar-refractivity contribution in [3.8, 4) is 6.07 Å². The molecule has 1 aromatic carbocycles. The maximum Gasteiger partial charge on any atom is 0.100 e. The van der Waals surface area contributed by atoms with Crippen molar-refractivity contribution in [3.05, 3.63) is 28.2 Å². The smallest absolute Gasteiger partial charge is 0.100 e. The predicted molar refractivity (Wildman–Crippen MR) is 81.3 cm³/mol. The summed E-state index contributed by atoms with van der Waals surface area (Å²) >= 11 is 3.40. The van der Waals surface area contributed by atoms with Gasteiger partial charge in [-0.3, -0.25) is 0 Å². The van der Waals surface area contributed by atoms with Gasteiger partial charge in [-0.2, -0.15) is 5.26 Å². The van der Waals surface area contributed by atoms with E-state index < -0.39 is 0 Å². The fourth-order valence-corrected chi connectivity index (χ4v) is 2.65. The first-order valence-corrected chi connectivity index (χ1v) is 7.45. The van der Waals surface area contributed by atoms with Crippen LogP contribution in [-0.2, 0) is 0 Å². The highest BCUT2D eigenvalue weighted by Crippen LogP contribution is 2.20. The number of nitrogens with one attached hydrogen (secondary N) is 2. The van der Waals surface area contributed by atoms with Gasteiger partial charge in [0, 0.05) is 42.9 Å². The maximum absolute atomic E-state index is 8.86. The second-order valence-electron chi connectivity index (χ2n) is 4.68. The lowest BCUT2D eigenvalue weighted by Gasteiger charge is -2.27. The van der Waals surface area contributed by atoms with Crippen molar-refractivity contribution in [2.24, 2.45) is 0 Å². The highest BCUT2D eigenvalue weighted by Gasteiger charge is 2.08. The molecule has 102 valence electrons. The second kappa shape index (κ2) is 7.49. The van der Waals surface area contributed by atoms with E-state index in [1.54, 1.807) is 0 Å². The Morgan fingerprint density at radius 3 is 2.84 bits per heavy atom. The molecule has 1 aliphatic rings. The van der Waals surface area contributed by atoms with Crippen molar-refractivity contribution >= 4 is 21.6 Å². The Hall–Kier alpha value is -1.09. The Bertz CT molecular complexity index is 449. The molecule has 0 aliphatic carbocycles. The zero-order valence-corrected chi connectivity index (χ0v) is 12.5. The van der Waals surface area contributed by atoms with Crippen LogP contribution in [0.1, 0.15) is 12.0 Å². The van der Waals surface area contributed by atoms with Gasteiger partial charge in [0.15, 0.2) is 0 Å². The lowest BCUT2D eigenvalue weighted by atomic mass is 10.2. The molecular weight excluding hydrogens is 304 g/mol. The normalized spacial score (nSPS) is 16.0. The summed E-state index contributed by atoms with van der Waals surface area (Å²) in [6.45, 7) is 6.63. The number of hydrogen-bond acceptors (Lipinski definition) is 4. The zero-order chi connectivity index (χ0) is 13.5. The molecule has 1 aliphatic heterocycles. The first kappa shape index (κ1) is 14.3. The van der Waals surface area contributed by atoms with Gasteiger partial charge in [-0.05, 0) is 47.1 Å². The molecule has 2 N–H and O–H groups in total. The number of anilines is 1. The molecule has 1 fully saturated rings. The monoisotopic (exact) mass is 322 g/mol. The molecule has 0 atom stereocenters. The number of hydrogen-bond donors (Lipinski definition) is 2. The van der Waals surface area contributed by atoms with Crippen LogP contribution in [0.25, 0.3) is 0 Å². The van der Waals surface area contributed by atoms with Crippen LogP contribution in [0.2, 0.25) is 0 Å². The molecule has 0 spiro atoms. The molecule has 0 saturated carbocycles. The fraction of sp³-hybridized carbons (Fsp3) is 0.500. The summed E-state index contributed by atoms with van der Waals surface area (Å²) in [6, 6.07) is 7.90. The number of benzene rings is 1. The molecule has 0 aromatic heterocycles. The number of piperazine rings is 1. The molecule has 19 heavy (non-hydrogen) atoms. The van der Waals surface area contributed by atoms with Crippen molar-refractivity contribution < 1.29 is 0 Å². The number of nitrogens with zero attached hydrogens (tertiary/aromatic N) is 2. The minimum atomic E-state index is 0.673. The van der Waals surface area contributed by atoms with Crippen LogP contribution >= 0.6 is 15.9 Å². The number of halogens is 1. The lowest BCUT2D eigenvalue weighted by molar-refractivity contribution is 0.240. The van der Waals surface area contributed by atoms with E-state index in [1.165, 1.54) is 0 Å². The van der Waals surface area contributed by atoms with Gasteiger partial charge in [0.2, 0.25) is 0 Å². The summed E-state index contributed by atoms with van der Waals surface area (Å²) in [5.41, 5.74) is 1.73. The van der Waals surface area contributed by atoms with E-state index in [1.807, 2.05) is 18.2 Å². The molecule has 0 unspecified atom stereocenters. The van der Waals surface area contributed by atoms with Gasteiger partial charge in [-0.1, -0.05) is 0 Å². The molecule has 5 heteroatoms. The Kier molecular flexibility index (Phi) is 5.64. The molecule has 0 amide bonds. The van der Waals surface area contributed by atoms with Crippen molar-refractivity contribution in [1.82, 2.24) is 10.2 Å². The van der Waals surface area contributed by atoms with Crippen LogP contribution in [0.15, 0.2) is 22.7 Å². The van der Waals surface area contributed by atoms with E-state index in [-0.39, 0.29) is 0 Å². The van der Waals surface area contributed by atoms with Crippen LogP contribution in [0.5, 0.6) is 0 Å². The summed E-state index contributed by atoms with van der Waals surface area (Å²) < 4.78 is 0.849. The SMILES string of the molecule is N#Cc1ccc(NCCCN2CCNCC2)cc1Br. The van der Waals surface area contributed by atoms with E-state index in [9.17, 15) is 0 Å². The lowest BCUT2D eigenvalue weighted by Crippen LogP contribution is -2.44. The fourth-order valence-electron chi connectivity index (χ4n) is 2.19. The molecule has 2 rings (SSSR count). The zero-order valence-electron chi connectivity index (χ0n) is 11.0. The average Bonchev–Trinajstić information content (AvgIpc) is 2.45. The predicted octanol–water partition coefficient (Wildman–Crippen LogP) is 2.03. The Balaban J connectivity index is 1.70. The summed E-state index contributed by atoms with van der Waals surface area (Å²) in [5, 5.41) is 15.6. The largest absolute Gasteiger partial charge is 0.385 e. The van der Waals surface area contributed by atoms with E-state index in [0.29, 0.717) is 5.56 Å². The summed E-state index contributed by atoms with van der Waals surface area (Å²) in [4.78, 5) is 2.49. The third-order valence-electron chi connectivity index (χ3n) is 3.28. The molecule has 1 saturated heterocycles. The third kappa shape index (κ3) is 4.50. The number of nitriles is 1. The molecule has 4 nitrogen and oxygen atoms in total. The topological polar surface area (TPSA) is 51.1 Å². The minimum Gasteiger partial charge on any atom is -0.385 e. The van der Waals surface area contributed by atoms with Crippen LogP contribution < -0.4 is 10.6 Å². The Labute approximate surface area is 122 Å². The van der Waals surface area contributed by atoms with Gasteiger partial charge < -0.3 is 15.5 Å². The first-order chi connectivity index (χ1) is 9.29. The minimum absolute atomic E-state index is 0.673. The van der Waals surface area contributed by atoms with Gasteiger partial charge in [-0.15, -0.1) is 0 Å². The molecule has 1 aromatic rings. The Morgan fingerprint density at radius 1 is 1.37 bits per heavy atom. The highest BCUT2D eigenvalue weighted by molar-refractivity contribution is 9.10. The summed E-state index contributed by atoms with van der Waals surface area (Å²) in [7, 11) is 0. The van der Waals surface area contributed by atoms with E-state index in [0.717, 1.165) is 55.8 Å². The van der Waals surface area contributed by atoms with Gasteiger partial charge in [0.25, 0.3) is 0 Å². The molecule has 0 bridgehead atoms. The summed E-state index contributed by atoms with van der Waals surface area (Å²) in [6.07, 6.45) is 1.14. The maximum atomic E-state index is 8.86.